The molecule has 0 radical (unpaired) electrons. The summed E-state index contributed by atoms with van der Waals surface area (Å²) in [6.45, 7) is 4.14. The molecule has 0 atom stereocenters. The lowest BCUT2D eigenvalue weighted by molar-refractivity contribution is -0.142. The van der Waals surface area contributed by atoms with E-state index in [1.165, 1.54) is 20.8 Å². The van der Waals surface area contributed by atoms with Crippen LogP contribution < -0.4 is 11.1 Å². The van der Waals surface area contributed by atoms with Gasteiger partial charge < -0.3 is 10.5 Å². The summed E-state index contributed by atoms with van der Waals surface area (Å²) in [4.78, 5) is 40.9. The number of amides is 1. The Kier molecular flexibility index (Phi) is 6.56. The smallest absolute Gasteiger partial charge is 0.434 e. The molecule has 0 aliphatic heterocycles. The summed E-state index contributed by atoms with van der Waals surface area (Å²) in [5.74, 6) is -2.91. The molecule has 11 heteroatoms. The molecule has 1 aromatic heterocycles. The van der Waals surface area contributed by atoms with Crippen molar-refractivity contribution in [2.45, 2.75) is 32.5 Å². The van der Waals surface area contributed by atoms with Crippen molar-refractivity contribution in [2.24, 2.45) is 5.73 Å². The van der Waals surface area contributed by atoms with Crippen molar-refractivity contribution in [3.05, 3.63) is 29.1 Å². The number of esters is 1. The van der Waals surface area contributed by atoms with E-state index < -0.39 is 40.9 Å². The molecule has 1 amide bonds. The Labute approximate surface area is 146 Å². The van der Waals surface area contributed by atoms with Crippen LogP contribution in [0.1, 0.15) is 36.8 Å². The molecule has 0 aliphatic rings. The number of ether oxygens (including phenoxy) is 1. The molecule has 0 aromatic carbocycles. The second kappa shape index (κ2) is 8.04. The lowest BCUT2D eigenvalue weighted by Crippen LogP contribution is -2.27. The first-order valence-corrected chi connectivity index (χ1v) is 7.22. The Morgan fingerprint density at radius 2 is 1.92 bits per heavy atom. The largest absolute Gasteiger partial charge is 0.456 e. The third-order valence-corrected chi connectivity index (χ3v) is 2.68. The number of alkyl halides is 3. The van der Waals surface area contributed by atoms with E-state index in [4.69, 9.17) is 10.5 Å². The summed E-state index contributed by atoms with van der Waals surface area (Å²) in [6, 6.07) is 0. The number of aldehydes is 1. The molecule has 3 N–H and O–H groups in total. The Balaban J connectivity index is 3.24. The number of aromatic nitrogens is 2. The van der Waals surface area contributed by atoms with Crippen LogP contribution in [0.3, 0.4) is 0 Å². The average molecular weight is 374 g/mol. The second-order valence-electron chi connectivity index (χ2n) is 5.94. The Hall–Kier alpha value is -2.82. The van der Waals surface area contributed by atoms with Gasteiger partial charge in [0.2, 0.25) is 5.95 Å². The fraction of sp³-hybridized carbons (Fsp3) is 0.400. The zero-order chi connectivity index (χ0) is 20.1. The number of carbonyl (C=O) groups is 3. The van der Waals surface area contributed by atoms with Gasteiger partial charge in [-0.2, -0.15) is 13.2 Å². The summed E-state index contributed by atoms with van der Waals surface area (Å²) in [5.41, 5.74) is 1.59. The SMILES string of the molecule is CC(C)(C)OC(=O)c1cnc(NC(=O)/C(=C\C=O)CN)nc1C(F)(F)F. The predicted octanol–water partition coefficient (Wildman–Crippen LogP) is 1.47. The third-order valence-electron chi connectivity index (χ3n) is 2.68. The number of allylic oxidation sites excluding steroid dienone is 1. The maximum atomic E-state index is 13.2. The van der Waals surface area contributed by atoms with Crippen LogP contribution in [-0.2, 0) is 20.5 Å². The van der Waals surface area contributed by atoms with E-state index in [-0.39, 0.29) is 12.1 Å². The van der Waals surface area contributed by atoms with Crippen LogP contribution >= 0.6 is 0 Å². The highest BCUT2D eigenvalue weighted by Gasteiger charge is 2.39. The highest BCUT2D eigenvalue weighted by Crippen LogP contribution is 2.31. The van der Waals surface area contributed by atoms with Crippen LogP contribution in [0.5, 0.6) is 0 Å². The molecule has 1 aromatic rings. The zero-order valence-corrected chi connectivity index (χ0v) is 14.2. The van der Waals surface area contributed by atoms with Crippen LogP contribution in [-0.4, -0.2) is 40.3 Å². The van der Waals surface area contributed by atoms with E-state index in [2.05, 4.69) is 9.97 Å². The monoisotopic (exact) mass is 374 g/mol. The molecule has 1 heterocycles. The number of carbonyl (C=O) groups excluding carboxylic acids is 3. The molecular weight excluding hydrogens is 357 g/mol. The van der Waals surface area contributed by atoms with Crippen molar-refractivity contribution in [1.82, 2.24) is 9.97 Å². The molecule has 1 rings (SSSR count). The van der Waals surface area contributed by atoms with Crippen LogP contribution in [0.15, 0.2) is 17.8 Å². The van der Waals surface area contributed by atoms with E-state index in [1.54, 1.807) is 0 Å². The Bertz CT molecular complexity index is 739. The fourth-order valence-corrected chi connectivity index (χ4v) is 1.64. The van der Waals surface area contributed by atoms with Crippen LogP contribution in [0.2, 0.25) is 0 Å². The zero-order valence-electron chi connectivity index (χ0n) is 14.2. The van der Waals surface area contributed by atoms with E-state index >= 15 is 0 Å². The number of nitrogens with zero attached hydrogens (tertiary/aromatic N) is 2. The van der Waals surface area contributed by atoms with Crippen LogP contribution in [0, 0.1) is 0 Å². The van der Waals surface area contributed by atoms with E-state index in [1.807, 2.05) is 5.32 Å². The van der Waals surface area contributed by atoms with E-state index in [9.17, 15) is 27.6 Å². The van der Waals surface area contributed by atoms with Gasteiger partial charge in [-0.3, -0.25) is 14.9 Å². The summed E-state index contributed by atoms with van der Waals surface area (Å²) < 4.78 is 44.5. The minimum atomic E-state index is -5.00. The van der Waals surface area contributed by atoms with Crippen molar-refractivity contribution < 1.29 is 32.3 Å². The number of nitrogens with two attached hydrogens (primary N) is 1. The number of halogens is 3. The van der Waals surface area contributed by atoms with Gasteiger partial charge in [0.15, 0.2) is 5.69 Å². The van der Waals surface area contributed by atoms with Gasteiger partial charge in [-0.25, -0.2) is 14.8 Å². The van der Waals surface area contributed by atoms with Gasteiger partial charge in [0, 0.05) is 18.3 Å². The first kappa shape index (κ1) is 21.2. The maximum Gasteiger partial charge on any atom is 0.434 e. The third kappa shape index (κ3) is 5.92. The second-order valence-corrected chi connectivity index (χ2v) is 5.94. The van der Waals surface area contributed by atoms with E-state index in [0.29, 0.717) is 12.5 Å². The molecule has 142 valence electrons. The topological polar surface area (TPSA) is 124 Å². The summed E-state index contributed by atoms with van der Waals surface area (Å²) >= 11 is 0. The minimum absolute atomic E-state index is 0.187. The van der Waals surface area contributed by atoms with Crippen molar-refractivity contribution >= 4 is 24.1 Å². The molecule has 0 saturated carbocycles. The molecule has 0 fully saturated rings. The predicted molar refractivity (Wildman–Crippen MR) is 84.0 cm³/mol. The Morgan fingerprint density at radius 1 is 1.31 bits per heavy atom. The molecule has 0 aliphatic carbocycles. The van der Waals surface area contributed by atoms with Gasteiger partial charge in [-0.15, -0.1) is 0 Å². The summed E-state index contributed by atoms with van der Waals surface area (Å²) in [5, 5.41) is 1.98. The van der Waals surface area contributed by atoms with Gasteiger partial charge in [0.05, 0.1) is 0 Å². The molecule has 0 saturated heterocycles. The van der Waals surface area contributed by atoms with Crippen LogP contribution in [0.25, 0.3) is 0 Å². The summed E-state index contributed by atoms with van der Waals surface area (Å²) in [7, 11) is 0. The molecule has 0 bridgehead atoms. The first-order chi connectivity index (χ1) is 11.9. The maximum absolute atomic E-state index is 13.2. The molecule has 0 spiro atoms. The molecule has 26 heavy (non-hydrogen) atoms. The van der Waals surface area contributed by atoms with Crippen molar-refractivity contribution in [3.8, 4) is 0 Å². The first-order valence-electron chi connectivity index (χ1n) is 7.22. The lowest BCUT2D eigenvalue weighted by atomic mass is 10.1. The van der Waals surface area contributed by atoms with Crippen molar-refractivity contribution in [3.63, 3.8) is 0 Å². The summed E-state index contributed by atoms with van der Waals surface area (Å²) in [6.07, 6.45) is -3.24. The highest BCUT2D eigenvalue weighted by atomic mass is 19.4. The van der Waals surface area contributed by atoms with Gasteiger partial charge in [0.1, 0.15) is 17.5 Å². The molecular formula is C15H17F3N4O4. The standard InChI is InChI=1S/C15H17F3N4O4/c1-14(2,3)26-12(25)9-7-20-13(21-10(9)15(16,17)18)22-11(24)8(6-19)4-5-23/h4-5,7H,6,19H2,1-3H3,(H,20,21,22,24)/b8-4-. The number of hydrogen-bond donors (Lipinski definition) is 2. The van der Waals surface area contributed by atoms with Gasteiger partial charge in [-0.1, -0.05) is 0 Å². The highest BCUT2D eigenvalue weighted by molar-refractivity contribution is 6.05. The van der Waals surface area contributed by atoms with Gasteiger partial charge in [-0.05, 0) is 26.8 Å². The number of rotatable bonds is 5. The number of anilines is 1. The number of hydrogen-bond acceptors (Lipinski definition) is 7. The minimum Gasteiger partial charge on any atom is -0.456 e. The lowest BCUT2D eigenvalue weighted by Gasteiger charge is -2.20. The van der Waals surface area contributed by atoms with Gasteiger partial charge in [0.25, 0.3) is 5.91 Å². The van der Waals surface area contributed by atoms with Gasteiger partial charge >= 0.3 is 12.1 Å². The quantitative estimate of drug-likeness (QED) is 0.454. The Morgan fingerprint density at radius 3 is 2.38 bits per heavy atom. The number of nitrogens with one attached hydrogen (secondary N) is 1. The average Bonchev–Trinajstić information content (AvgIpc) is 2.49. The molecule has 8 nitrogen and oxygen atoms in total. The van der Waals surface area contributed by atoms with Crippen molar-refractivity contribution in [2.75, 3.05) is 11.9 Å². The van der Waals surface area contributed by atoms with E-state index in [0.717, 1.165) is 6.08 Å². The van der Waals surface area contributed by atoms with Crippen molar-refractivity contribution in [1.29, 1.82) is 0 Å². The molecule has 0 unspecified atom stereocenters. The normalized spacial score (nSPS) is 12.5. The fourth-order valence-electron chi connectivity index (χ4n) is 1.64. The van der Waals surface area contributed by atoms with Crippen LogP contribution in [0.4, 0.5) is 19.1 Å².